The van der Waals surface area contributed by atoms with Crippen molar-refractivity contribution in [3.8, 4) is 5.75 Å². The topological polar surface area (TPSA) is 32.7 Å². The summed E-state index contributed by atoms with van der Waals surface area (Å²) in [5, 5.41) is 9.95. The fourth-order valence-corrected chi connectivity index (χ4v) is 5.36. The lowest BCUT2D eigenvalue weighted by molar-refractivity contribution is 0.158. The second-order valence-electron chi connectivity index (χ2n) is 7.89. The maximum Gasteiger partial charge on any atom is 0.115 e. The quantitative estimate of drug-likeness (QED) is 0.925. The van der Waals surface area contributed by atoms with Crippen molar-refractivity contribution in [3.05, 3.63) is 29.8 Å². The molecule has 126 valence electrons. The van der Waals surface area contributed by atoms with Crippen LogP contribution in [0.15, 0.2) is 24.3 Å². The van der Waals surface area contributed by atoms with Gasteiger partial charge in [0.25, 0.3) is 0 Å². The van der Waals surface area contributed by atoms with Crippen molar-refractivity contribution in [2.75, 3.05) is 32.8 Å². The van der Waals surface area contributed by atoms with Crippen LogP contribution in [0.5, 0.6) is 5.75 Å². The highest BCUT2D eigenvalue weighted by Crippen LogP contribution is 2.51. The number of phenolic OH excluding ortho intramolecular Hbond substituents is 1. The van der Waals surface area contributed by atoms with Gasteiger partial charge in [0.2, 0.25) is 0 Å². The molecular weight excluding hydrogens is 286 g/mol. The number of nitrogens with zero attached hydrogens (tertiary/aromatic N) is 1. The van der Waals surface area contributed by atoms with Crippen molar-refractivity contribution < 1.29 is 9.84 Å². The molecule has 1 aliphatic carbocycles. The Hall–Kier alpha value is -1.06. The largest absolute Gasteiger partial charge is 0.508 e. The molecule has 3 heteroatoms. The van der Waals surface area contributed by atoms with Crippen LogP contribution >= 0.6 is 0 Å². The molecule has 1 aromatic carbocycles. The van der Waals surface area contributed by atoms with E-state index in [4.69, 9.17) is 4.74 Å². The first-order valence-corrected chi connectivity index (χ1v) is 9.36. The third-order valence-electron chi connectivity index (χ3n) is 6.49. The standard InChI is InChI=1S/C20H29NO2/c22-19-6-1-4-17(12-19)20-8-2-5-18(20)14-21(10-3-9-20)13-16-7-11-23-15-16/h1,4,6,12,16,18,22H,2-3,5,7-11,13-15H2. The highest BCUT2D eigenvalue weighted by atomic mass is 16.5. The number of hydrogen-bond acceptors (Lipinski definition) is 3. The number of benzene rings is 1. The molecule has 0 aromatic heterocycles. The highest BCUT2D eigenvalue weighted by molar-refractivity contribution is 5.35. The monoisotopic (exact) mass is 315 g/mol. The molecule has 2 heterocycles. The van der Waals surface area contributed by atoms with E-state index in [0.717, 1.165) is 25.0 Å². The average molecular weight is 315 g/mol. The van der Waals surface area contributed by atoms with Crippen LogP contribution in [0.4, 0.5) is 0 Å². The lowest BCUT2D eigenvalue weighted by atomic mass is 9.69. The summed E-state index contributed by atoms with van der Waals surface area (Å²) in [5.74, 6) is 1.91. The molecule has 3 fully saturated rings. The van der Waals surface area contributed by atoms with Gasteiger partial charge in [-0.25, -0.2) is 0 Å². The second-order valence-corrected chi connectivity index (χ2v) is 7.89. The van der Waals surface area contributed by atoms with Crippen LogP contribution in [0.2, 0.25) is 0 Å². The summed E-state index contributed by atoms with van der Waals surface area (Å²) in [7, 11) is 0. The molecule has 1 aromatic rings. The molecule has 3 atom stereocenters. The Bertz CT molecular complexity index is 540. The van der Waals surface area contributed by atoms with Crippen LogP contribution in [-0.2, 0) is 10.2 Å². The van der Waals surface area contributed by atoms with E-state index >= 15 is 0 Å². The van der Waals surface area contributed by atoms with Crippen LogP contribution in [0.3, 0.4) is 0 Å². The Morgan fingerprint density at radius 2 is 2.13 bits per heavy atom. The predicted molar refractivity (Wildman–Crippen MR) is 91.7 cm³/mol. The lowest BCUT2D eigenvalue weighted by Gasteiger charge is -2.36. The summed E-state index contributed by atoms with van der Waals surface area (Å²) in [4.78, 5) is 2.71. The number of likely N-dealkylation sites (tertiary alicyclic amines) is 1. The minimum Gasteiger partial charge on any atom is -0.508 e. The Morgan fingerprint density at radius 1 is 1.22 bits per heavy atom. The zero-order valence-electron chi connectivity index (χ0n) is 14.0. The van der Waals surface area contributed by atoms with E-state index in [0.29, 0.717) is 11.2 Å². The van der Waals surface area contributed by atoms with Crippen LogP contribution < -0.4 is 0 Å². The zero-order valence-corrected chi connectivity index (χ0v) is 14.0. The van der Waals surface area contributed by atoms with Gasteiger partial charge in [-0.15, -0.1) is 0 Å². The van der Waals surface area contributed by atoms with Crippen molar-refractivity contribution in [2.45, 2.75) is 43.9 Å². The van der Waals surface area contributed by atoms with Gasteiger partial charge >= 0.3 is 0 Å². The van der Waals surface area contributed by atoms with E-state index in [1.165, 1.54) is 63.7 Å². The van der Waals surface area contributed by atoms with Crippen molar-refractivity contribution in [2.24, 2.45) is 11.8 Å². The number of phenols is 1. The van der Waals surface area contributed by atoms with Crippen molar-refractivity contribution in [1.82, 2.24) is 4.90 Å². The number of aromatic hydroxyl groups is 1. The maximum absolute atomic E-state index is 9.95. The normalized spacial score (nSPS) is 35.1. The van der Waals surface area contributed by atoms with Gasteiger partial charge in [0, 0.05) is 19.7 Å². The van der Waals surface area contributed by atoms with Gasteiger partial charge < -0.3 is 14.7 Å². The van der Waals surface area contributed by atoms with E-state index in [2.05, 4.69) is 11.0 Å². The molecule has 4 rings (SSSR count). The Morgan fingerprint density at radius 3 is 2.96 bits per heavy atom. The van der Waals surface area contributed by atoms with Crippen LogP contribution in [0, 0.1) is 11.8 Å². The molecule has 0 spiro atoms. The molecule has 2 aliphatic heterocycles. The second kappa shape index (κ2) is 6.45. The van der Waals surface area contributed by atoms with Gasteiger partial charge in [0.1, 0.15) is 5.75 Å². The molecule has 3 nitrogen and oxygen atoms in total. The summed E-state index contributed by atoms with van der Waals surface area (Å²) in [6.45, 7) is 5.58. The summed E-state index contributed by atoms with van der Waals surface area (Å²) in [6.07, 6.45) is 7.76. The number of rotatable bonds is 3. The summed E-state index contributed by atoms with van der Waals surface area (Å²) in [6, 6.07) is 8.10. The van der Waals surface area contributed by atoms with Crippen molar-refractivity contribution in [3.63, 3.8) is 0 Å². The minimum absolute atomic E-state index is 0.305. The highest BCUT2D eigenvalue weighted by Gasteiger charge is 2.45. The minimum atomic E-state index is 0.305. The van der Waals surface area contributed by atoms with Crippen molar-refractivity contribution >= 4 is 0 Å². The molecule has 23 heavy (non-hydrogen) atoms. The van der Waals surface area contributed by atoms with Gasteiger partial charge in [-0.2, -0.15) is 0 Å². The van der Waals surface area contributed by atoms with E-state index < -0.39 is 0 Å². The summed E-state index contributed by atoms with van der Waals surface area (Å²) < 4.78 is 5.56. The van der Waals surface area contributed by atoms with Gasteiger partial charge in [-0.1, -0.05) is 18.6 Å². The number of fused-ring (bicyclic) bond motifs is 1. The molecule has 1 N–H and O–H groups in total. The fraction of sp³-hybridized carbons (Fsp3) is 0.700. The van der Waals surface area contributed by atoms with Gasteiger partial charge in [0.05, 0.1) is 6.61 Å². The van der Waals surface area contributed by atoms with E-state index in [9.17, 15) is 5.11 Å². The molecule has 1 saturated carbocycles. The van der Waals surface area contributed by atoms with Crippen LogP contribution in [-0.4, -0.2) is 42.9 Å². The number of hydrogen-bond donors (Lipinski definition) is 1. The lowest BCUT2D eigenvalue weighted by Crippen LogP contribution is -2.37. The Labute approximate surface area is 139 Å². The van der Waals surface area contributed by atoms with Gasteiger partial charge in [-0.3, -0.25) is 0 Å². The maximum atomic E-state index is 9.95. The molecule has 0 amide bonds. The third-order valence-corrected chi connectivity index (χ3v) is 6.49. The molecule has 3 aliphatic rings. The Kier molecular flexibility index (Phi) is 4.33. The van der Waals surface area contributed by atoms with Crippen molar-refractivity contribution in [1.29, 1.82) is 0 Å². The first-order valence-electron chi connectivity index (χ1n) is 9.36. The predicted octanol–water partition coefficient (Wildman–Crippen LogP) is 3.56. The summed E-state index contributed by atoms with van der Waals surface area (Å²) >= 11 is 0. The smallest absolute Gasteiger partial charge is 0.115 e. The summed E-state index contributed by atoms with van der Waals surface area (Å²) in [5.41, 5.74) is 1.69. The molecule has 2 saturated heterocycles. The van der Waals surface area contributed by atoms with E-state index in [1.54, 1.807) is 6.07 Å². The fourth-order valence-electron chi connectivity index (χ4n) is 5.36. The molecule has 3 unspecified atom stereocenters. The SMILES string of the molecule is Oc1cccc(C23CCCC2CN(CC2CCOC2)CCC3)c1. The zero-order chi connectivity index (χ0) is 15.7. The Balaban J connectivity index is 1.54. The molecule has 0 bridgehead atoms. The van der Waals surface area contributed by atoms with Crippen LogP contribution in [0.25, 0.3) is 0 Å². The number of ether oxygens (including phenoxy) is 1. The third kappa shape index (κ3) is 3.01. The first-order chi connectivity index (χ1) is 11.3. The molecule has 0 radical (unpaired) electrons. The van der Waals surface area contributed by atoms with E-state index in [-0.39, 0.29) is 0 Å². The average Bonchev–Trinajstić information content (AvgIpc) is 3.15. The first kappa shape index (κ1) is 15.5. The van der Waals surface area contributed by atoms with Gasteiger partial charge in [0.15, 0.2) is 0 Å². The van der Waals surface area contributed by atoms with Gasteiger partial charge in [-0.05, 0) is 73.6 Å². The van der Waals surface area contributed by atoms with E-state index in [1.807, 2.05) is 12.1 Å². The molecular formula is C20H29NO2. The van der Waals surface area contributed by atoms with Crippen LogP contribution in [0.1, 0.15) is 44.1 Å².